The summed E-state index contributed by atoms with van der Waals surface area (Å²) >= 11 is 0. The van der Waals surface area contributed by atoms with Crippen LogP contribution in [0.25, 0.3) is 10.8 Å². The number of fused-ring (bicyclic) bond motifs is 1. The topological polar surface area (TPSA) is 21.3 Å². The van der Waals surface area contributed by atoms with Crippen molar-refractivity contribution in [3.8, 4) is 5.75 Å². The molecule has 2 aromatic rings. The van der Waals surface area contributed by atoms with Gasteiger partial charge in [-0.15, -0.1) is 0 Å². The minimum Gasteiger partial charge on any atom is -0.497 e. The Hall–Kier alpha value is -1.54. The first-order chi connectivity index (χ1) is 9.74. The van der Waals surface area contributed by atoms with Crippen LogP contribution in [0.4, 0.5) is 0 Å². The lowest BCUT2D eigenvalue weighted by atomic mass is 10.1. The van der Waals surface area contributed by atoms with E-state index >= 15 is 0 Å². The molecule has 1 fully saturated rings. The highest BCUT2D eigenvalue weighted by molar-refractivity contribution is 5.84. The first-order valence-electron chi connectivity index (χ1n) is 7.54. The van der Waals surface area contributed by atoms with E-state index in [4.69, 9.17) is 4.74 Å². The van der Waals surface area contributed by atoms with Gasteiger partial charge >= 0.3 is 0 Å². The Bertz CT molecular complexity index is 593. The zero-order chi connectivity index (χ0) is 13.9. The number of benzene rings is 2. The molecule has 0 heterocycles. The lowest BCUT2D eigenvalue weighted by molar-refractivity contribution is 0.415. The smallest absolute Gasteiger partial charge is 0.119 e. The Labute approximate surface area is 121 Å². The van der Waals surface area contributed by atoms with Crippen molar-refractivity contribution in [2.45, 2.75) is 38.8 Å². The van der Waals surface area contributed by atoms with Gasteiger partial charge in [-0.25, -0.2) is 0 Å². The van der Waals surface area contributed by atoms with Gasteiger partial charge in [-0.05, 0) is 59.7 Å². The Morgan fingerprint density at radius 2 is 1.90 bits per heavy atom. The van der Waals surface area contributed by atoms with Gasteiger partial charge in [0.2, 0.25) is 0 Å². The number of hydrogen-bond acceptors (Lipinski definition) is 2. The molecule has 0 bridgehead atoms. The van der Waals surface area contributed by atoms with Crippen molar-refractivity contribution < 1.29 is 4.74 Å². The highest BCUT2D eigenvalue weighted by Crippen LogP contribution is 2.25. The Morgan fingerprint density at radius 3 is 2.65 bits per heavy atom. The molecule has 2 unspecified atom stereocenters. The van der Waals surface area contributed by atoms with Gasteiger partial charge in [-0.2, -0.15) is 0 Å². The van der Waals surface area contributed by atoms with E-state index in [-0.39, 0.29) is 0 Å². The average Bonchev–Trinajstić information content (AvgIpc) is 2.90. The maximum atomic E-state index is 5.27. The Kier molecular flexibility index (Phi) is 3.93. The van der Waals surface area contributed by atoms with Gasteiger partial charge in [0, 0.05) is 12.6 Å². The quantitative estimate of drug-likeness (QED) is 0.901. The largest absolute Gasteiger partial charge is 0.497 e. The molecule has 2 nitrogen and oxygen atoms in total. The number of methoxy groups -OCH3 is 1. The standard InChI is InChI=1S/C18H23NO/c1-13-3-7-17(9-13)19-12-14-4-5-16-11-18(20-2)8-6-15(16)10-14/h4-6,8,10-11,13,17,19H,3,7,9,12H2,1-2H3. The summed E-state index contributed by atoms with van der Waals surface area (Å²) in [5, 5.41) is 6.21. The molecule has 2 atom stereocenters. The van der Waals surface area contributed by atoms with E-state index in [0.717, 1.165) is 18.2 Å². The second-order valence-corrected chi connectivity index (χ2v) is 6.04. The molecule has 2 aromatic carbocycles. The van der Waals surface area contributed by atoms with E-state index in [0.29, 0.717) is 6.04 Å². The molecule has 106 valence electrons. The van der Waals surface area contributed by atoms with E-state index in [1.807, 2.05) is 6.07 Å². The van der Waals surface area contributed by atoms with E-state index in [9.17, 15) is 0 Å². The molecule has 0 aliphatic heterocycles. The summed E-state index contributed by atoms with van der Waals surface area (Å²) < 4.78 is 5.27. The molecule has 1 N–H and O–H groups in total. The van der Waals surface area contributed by atoms with E-state index in [1.165, 1.54) is 35.6 Å². The molecule has 3 rings (SSSR count). The third-order valence-corrected chi connectivity index (χ3v) is 4.40. The maximum absolute atomic E-state index is 5.27. The molecular formula is C18H23NO. The van der Waals surface area contributed by atoms with Crippen molar-refractivity contribution >= 4 is 10.8 Å². The monoisotopic (exact) mass is 269 g/mol. The van der Waals surface area contributed by atoms with Gasteiger partial charge in [-0.1, -0.05) is 25.1 Å². The summed E-state index contributed by atoms with van der Waals surface area (Å²) in [7, 11) is 1.71. The highest BCUT2D eigenvalue weighted by atomic mass is 16.5. The van der Waals surface area contributed by atoms with Crippen LogP contribution in [0.1, 0.15) is 31.7 Å². The molecule has 1 saturated carbocycles. The third kappa shape index (κ3) is 2.96. The maximum Gasteiger partial charge on any atom is 0.119 e. The van der Waals surface area contributed by atoms with E-state index in [1.54, 1.807) is 7.11 Å². The van der Waals surface area contributed by atoms with E-state index in [2.05, 4.69) is 42.6 Å². The number of rotatable bonds is 4. The molecule has 1 aliphatic carbocycles. The lowest BCUT2D eigenvalue weighted by Crippen LogP contribution is -2.25. The normalized spacial score (nSPS) is 22.3. The van der Waals surface area contributed by atoms with Crippen LogP contribution < -0.4 is 10.1 Å². The van der Waals surface area contributed by atoms with Gasteiger partial charge < -0.3 is 10.1 Å². The number of ether oxygens (including phenoxy) is 1. The first kappa shape index (κ1) is 13.4. The van der Waals surface area contributed by atoms with Crippen LogP contribution in [0.5, 0.6) is 5.75 Å². The molecule has 0 aromatic heterocycles. The Balaban J connectivity index is 1.69. The second kappa shape index (κ2) is 5.84. The van der Waals surface area contributed by atoms with Gasteiger partial charge in [-0.3, -0.25) is 0 Å². The zero-order valence-electron chi connectivity index (χ0n) is 12.4. The Morgan fingerprint density at radius 1 is 1.10 bits per heavy atom. The van der Waals surface area contributed by atoms with Crippen molar-refractivity contribution in [3.05, 3.63) is 42.0 Å². The molecule has 1 aliphatic rings. The van der Waals surface area contributed by atoms with Crippen molar-refractivity contribution in [1.82, 2.24) is 5.32 Å². The summed E-state index contributed by atoms with van der Waals surface area (Å²) in [6, 6.07) is 13.6. The second-order valence-electron chi connectivity index (χ2n) is 6.04. The predicted octanol–water partition coefficient (Wildman–Crippen LogP) is 4.13. The van der Waals surface area contributed by atoms with Gasteiger partial charge in [0.25, 0.3) is 0 Å². The molecule has 0 radical (unpaired) electrons. The lowest BCUT2D eigenvalue weighted by Gasteiger charge is -2.13. The van der Waals surface area contributed by atoms with Crippen LogP contribution in [0.3, 0.4) is 0 Å². The van der Waals surface area contributed by atoms with Gasteiger partial charge in [0.15, 0.2) is 0 Å². The van der Waals surface area contributed by atoms with Crippen molar-refractivity contribution in [3.63, 3.8) is 0 Å². The van der Waals surface area contributed by atoms with Crippen LogP contribution in [-0.2, 0) is 6.54 Å². The summed E-state index contributed by atoms with van der Waals surface area (Å²) in [6.07, 6.45) is 4.02. The average molecular weight is 269 g/mol. The van der Waals surface area contributed by atoms with Crippen LogP contribution in [0.2, 0.25) is 0 Å². The zero-order valence-corrected chi connectivity index (χ0v) is 12.4. The van der Waals surface area contributed by atoms with Crippen LogP contribution in [-0.4, -0.2) is 13.2 Å². The van der Waals surface area contributed by atoms with Crippen molar-refractivity contribution in [2.24, 2.45) is 5.92 Å². The SMILES string of the molecule is COc1ccc2cc(CNC3CCC(C)C3)ccc2c1. The fourth-order valence-electron chi connectivity index (χ4n) is 3.16. The van der Waals surface area contributed by atoms with Crippen LogP contribution in [0.15, 0.2) is 36.4 Å². The highest BCUT2D eigenvalue weighted by Gasteiger charge is 2.20. The minimum atomic E-state index is 0.705. The van der Waals surface area contributed by atoms with Gasteiger partial charge in [0.1, 0.15) is 5.75 Å². The fourth-order valence-corrected chi connectivity index (χ4v) is 3.16. The predicted molar refractivity (Wildman–Crippen MR) is 84.1 cm³/mol. The summed E-state index contributed by atoms with van der Waals surface area (Å²) in [4.78, 5) is 0. The molecule has 2 heteroatoms. The summed E-state index contributed by atoms with van der Waals surface area (Å²) in [5.41, 5.74) is 1.36. The molecule has 0 saturated heterocycles. The van der Waals surface area contributed by atoms with E-state index < -0.39 is 0 Å². The molecule has 20 heavy (non-hydrogen) atoms. The first-order valence-corrected chi connectivity index (χ1v) is 7.54. The molecule has 0 spiro atoms. The van der Waals surface area contributed by atoms with Crippen molar-refractivity contribution in [2.75, 3.05) is 7.11 Å². The summed E-state index contributed by atoms with van der Waals surface area (Å²) in [5.74, 6) is 1.81. The summed E-state index contributed by atoms with van der Waals surface area (Å²) in [6.45, 7) is 3.32. The fraction of sp³-hybridized carbons (Fsp3) is 0.444. The molecular weight excluding hydrogens is 246 g/mol. The van der Waals surface area contributed by atoms with Crippen LogP contribution in [0, 0.1) is 5.92 Å². The number of hydrogen-bond donors (Lipinski definition) is 1. The third-order valence-electron chi connectivity index (χ3n) is 4.40. The molecule has 0 amide bonds. The van der Waals surface area contributed by atoms with Gasteiger partial charge in [0.05, 0.1) is 7.11 Å². The van der Waals surface area contributed by atoms with Crippen molar-refractivity contribution in [1.29, 1.82) is 0 Å². The van der Waals surface area contributed by atoms with Crippen LogP contribution >= 0.6 is 0 Å². The minimum absolute atomic E-state index is 0.705. The number of nitrogens with one attached hydrogen (secondary N) is 1.